The Bertz CT molecular complexity index is 992. The summed E-state index contributed by atoms with van der Waals surface area (Å²) in [5, 5.41) is 0. The maximum absolute atomic E-state index is 2.84. The fraction of sp³-hybridized carbons (Fsp3) is 0.429. The van der Waals surface area contributed by atoms with Crippen LogP contribution in [0.5, 0.6) is 0 Å². The van der Waals surface area contributed by atoms with Gasteiger partial charge in [-0.1, -0.05) is 0 Å². The van der Waals surface area contributed by atoms with Gasteiger partial charge in [0.05, 0.1) is 0 Å². The van der Waals surface area contributed by atoms with Crippen LogP contribution in [0.4, 0.5) is 0 Å². The van der Waals surface area contributed by atoms with E-state index in [4.69, 9.17) is 0 Å². The van der Waals surface area contributed by atoms with E-state index >= 15 is 0 Å². The SMILES string of the molecule is CC[Si]1([C]2([Hf+2][C]3([Si]4(CC)CCC4)C=Cc4ccccc43)C=Cc3ccccc32)CCC1.[Cl-].[Cl-]. The van der Waals surface area contributed by atoms with Crippen LogP contribution in [-0.2, 0) is 28.5 Å². The molecular formula is C28H34Cl2HfSi2. The molecule has 4 aliphatic rings. The standard InChI is InChI=1S/2C14H17Si.2ClH.Hf/c2*1-2-15(10-5-11-15)14-9-8-12-6-3-4-7-13(12)14;;;/h2*3-4,6-9H,2,5,10-11H2,1H3;2*1H;/q;;;;+2/p-2. The molecule has 0 bridgehead atoms. The zero-order valence-electron chi connectivity index (χ0n) is 19.8. The molecule has 2 heterocycles. The van der Waals surface area contributed by atoms with E-state index in [1.54, 1.807) is 46.4 Å². The second-order valence-electron chi connectivity index (χ2n) is 10.6. The molecule has 2 atom stereocenters. The molecular weight excluding hydrogens is 642 g/mol. The van der Waals surface area contributed by atoms with Crippen molar-refractivity contribution in [1.82, 2.24) is 0 Å². The van der Waals surface area contributed by atoms with Crippen molar-refractivity contribution in [3.8, 4) is 0 Å². The Morgan fingerprint density at radius 2 is 1.06 bits per heavy atom. The molecule has 2 unspecified atom stereocenters. The van der Waals surface area contributed by atoms with Crippen LogP contribution in [0.25, 0.3) is 12.2 Å². The first-order valence-corrected chi connectivity index (χ1v) is 21.3. The molecule has 172 valence electrons. The van der Waals surface area contributed by atoms with Gasteiger partial charge >= 0.3 is 203 Å². The zero-order chi connectivity index (χ0) is 21.2. The number of benzene rings is 2. The number of rotatable bonds is 6. The van der Waals surface area contributed by atoms with E-state index in [0.717, 1.165) is 0 Å². The van der Waals surface area contributed by atoms with Crippen molar-refractivity contribution in [1.29, 1.82) is 0 Å². The summed E-state index contributed by atoms with van der Waals surface area (Å²) in [5.41, 5.74) is 6.69. The summed E-state index contributed by atoms with van der Waals surface area (Å²) >= 11 is -1.20. The summed E-state index contributed by atoms with van der Waals surface area (Å²) in [4.78, 5) is 0. The fourth-order valence-corrected chi connectivity index (χ4v) is 42.3. The first-order valence-electron chi connectivity index (χ1n) is 12.5. The van der Waals surface area contributed by atoms with Gasteiger partial charge in [0.2, 0.25) is 0 Å². The van der Waals surface area contributed by atoms with Gasteiger partial charge in [-0.3, -0.25) is 0 Å². The smallest absolute Gasteiger partial charge is 1.00 e. The minimum absolute atomic E-state index is 0. The molecule has 33 heavy (non-hydrogen) atoms. The van der Waals surface area contributed by atoms with Crippen LogP contribution in [0.1, 0.15) is 48.9 Å². The summed E-state index contributed by atoms with van der Waals surface area (Å²) in [5.74, 6) is 0. The molecule has 2 aliphatic heterocycles. The predicted molar refractivity (Wildman–Crippen MR) is 135 cm³/mol. The fourth-order valence-electron chi connectivity index (χ4n) is 7.59. The average molecular weight is 676 g/mol. The molecule has 0 radical (unpaired) electrons. The minimum atomic E-state index is -1.31. The summed E-state index contributed by atoms with van der Waals surface area (Å²) in [7, 11) is -2.63. The summed E-state index contributed by atoms with van der Waals surface area (Å²) < 4.78 is 1.03. The molecule has 0 spiro atoms. The Kier molecular flexibility index (Phi) is 7.34. The van der Waals surface area contributed by atoms with Crippen LogP contribution in [0.2, 0.25) is 36.3 Å². The van der Waals surface area contributed by atoms with Crippen LogP contribution in [0, 0.1) is 0 Å². The van der Waals surface area contributed by atoms with Crippen molar-refractivity contribution < 1.29 is 47.7 Å². The van der Waals surface area contributed by atoms with Gasteiger partial charge in [-0.25, -0.2) is 0 Å². The summed E-state index contributed by atoms with van der Waals surface area (Å²) in [6.07, 6.45) is 13.8. The maximum Gasteiger partial charge on any atom is -1.00 e. The molecule has 0 N–H and O–H groups in total. The van der Waals surface area contributed by atoms with Gasteiger partial charge in [-0.05, 0) is 0 Å². The second-order valence-corrected chi connectivity index (χ2v) is 30.8. The average Bonchev–Trinajstić information content (AvgIpc) is 3.29. The Morgan fingerprint density at radius 3 is 1.39 bits per heavy atom. The predicted octanol–water partition coefficient (Wildman–Crippen LogP) is 1.74. The van der Waals surface area contributed by atoms with Crippen molar-refractivity contribution in [2.45, 2.75) is 68.5 Å². The summed E-state index contributed by atoms with van der Waals surface area (Å²) in [6.45, 7) is 5.12. The van der Waals surface area contributed by atoms with Crippen molar-refractivity contribution in [3.63, 3.8) is 0 Å². The number of allylic oxidation sites excluding steroid dienone is 2. The minimum Gasteiger partial charge on any atom is -1.00 e. The topological polar surface area (TPSA) is 0 Å². The van der Waals surface area contributed by atoms with E-state index in [2.05, 4.69) is 86.7 Å². The third kappa shape index (κ3) is 3.35. The molecule has 5 heteroatoms. The van der Waals surface area contributed by atoms with Crippen LogP contribution in [-0.4, -0.2) is 16.1 Å². The van der Waals surface area contributed by atoms with E-state index in [1.165, 1.54) is 24.9 Å². The Labute approximate surface area is 225 Å². The van der Waals surface area contributed by atoms with Gasteiger partial charge < -0.3 is 24.8 Å². The normalized spacial score (nSPS) is 28.9. The molecule has 2 aromatic rings. The van der Waals surface area contributed by atoms with E-state index < -0.39 is 39.1 Å². The van der Waals surface area contributed by atoms with E-state index in [9.17, 15) is 0 Å². The number of halogens is 2. The largest absolute Gasteiger partial charge is 1.00 e. The van der Waals surface area contributed by atoms with E-state index in [0.29, 0.717) is 5.59 Å². The molecule has 2 aromatic carbocycles. The van der Waals surface area contributed by atoms with Gasteiger partial charge in [0, 0.05) is 0 Å². The van der Waals surface area contributed by atoms with Crippen LogP contribution < -0.4 is 24.8 Å². The molecule has 0 nitrogen and oxygen atoms in total. The zero-order valence-corrected chi connectivity index (χ0v) is 26.9. The second kappa shape index (κ2) is 9.35. The third-order valence-electron chi connectivity index (χ3n) is 9.84. The Morgan fingerprint density at radius 1 is 0.667 bits per heavy atom. The Hall–Kier alpha value is -0.196. The molecule has 6 rings (SSSR count). The van der Waals surface area contributed by atoms with Gasteiger partial charge in [0.1, 0.15) is 0 Å². The quantitative estimate of drug-likeness (QED) is 0.410. The van der Waals surface area contributed by atoms with Gasteiger partial charge in [-0.15, -0.1) is 0 Å². The van der Waals surface area contributed by atoms with Gasteiger partial charge in [0.15, 0.2) is 0 Å². The number of hydrogen-bond donors (Lipinski definition) is 0. The molecule has 2 aliphatic carbocycles. The number of fused-ring (bicyclic) bond motifs is 2. The van der Waals surface area contributed by atoms with Gasteiger partial charge in [-0.2, -0.15) is 0 Å². The number of hydrogen-bond acceptors (Lipinski definition) is 0. The Balaban J connectivity index is 0.00000130. The van der Waals surface area contributed by atoms with Gasteiger partial charge in [0.25, 0.3) is 0 Å². The van der Waals surface area contributed by atoms with E-state index in [-0.39, 0.29) is 24.8 Å². The maximum atomic E-state index is 2.84. The first kappa shape index (κ1) is 25.9. The first-order chi connectivity index (χ1) is 15.1. The van der Waals surface area contributed by atoms with Crippen LogP contribution >= 0.6 is 0 Å². The van der Waals surface area contributed by atoms with Crippen molar-refractivity contribution in [3.05, 3.63) is 82.9 Å². The molecule has 2 fully saturated rings. The van der Waals surface area contributed by atoms with Crippen molar-refractivity contribution in [2.75, 3.05) is 0 Å². The molecule has 0 aromatic heterocycles. The molecule has 2 saturated heterocycles. The van der Waals surface area contributed by atoms with Crippen molar-refractivity contribution in [2.24, 2.45) is 0 Å². The monoisotopic (exact) mass is 676 g/mol. The van der Waals surface area contributed by atoms with Crippen LogP contribution in [0.3, 0.4) is 0 Å². The van der Waals surface area contributed by atoms with Crippen LogP contribution in [0.15, 0.2) is 60.7 Å². The summed E-state index contributed by atoms with van der Waals surface area (Å²) in [6, 6.07) is 28.5. The van der Waals surface area contributed by atoms with Crippen molar-refractivity contribution >= 4 is 28.3 Å². The molecule has 0 saturated carbocycles. The molecule has 0 amide bonds. The van der Waals surface area contributed by atoms with E-state index in [1.807, 2.05) is 0 Å². The third-order valence-corrected chi connectivity index (χ3v) is 41.5.